The Hall–Kier alpha value is -3.48. The molecular weight excluding hydrogens is 434 g/mol. The highest BCUT2D eigenvalue weighted by atomic mass is 16.5. The summed E-state index contributed by atoms with van der Waals surface area (Å²) in [7, 11) is 0. The maximum atomic E-state index is 13.4. The van der Waals surface area contributed by atoms with Crippen molar-refractivity contribution in [3.05, 3.63) is 58.2 Å². The van der Waals surface area contributed by atoms with Crippen molar-refractivity contribution < 1.29 is 29.0 Å². The van der Waals surface area contributed by atoms with Gasteiger partial charge in [-0.15, -0.1) is 0 Å². The van der Waals surface area contributed by atoms with Crippen molar-refractivity contribution in [2.24, 2.45) is 17.8 Å². The maximum Gasteiger partial charge on any atom is 0.233 e. The van der Waals surface area contributed by atoms with Gasteiger partial charge in [-0.3, -0.25) is 24.1 Å². The zero-order valence-electron chi connectivity index (χ0n) is 19.5. The van der Waals surface area contributed by atoms with Gasteiger partial charge in [-0.1, -0.05) is 23.8 Å². The summed E-state index contributed by atoms with van der Waals surface area (Å²) in [5.41, 5.74) is 2.37. The lowest BCUT2D eigenvalue weighted by atomic mass is 9.59. The Bertz CT molecular complexity index is 1240. The van der Waals surface area contributed by atoms with E-state index >= 15 is 0 Å². The monoisotopic (exact) mass is 461 g/mol. The summed E-state index contributed by atoms with van der Waals surface area (Å²) in [5.74, 6) is -2.77. The minimum atomic E-state index is -0.686. The van der Waals surface area contributed by atoms with E-state index in [9.17, 15) is 24.3 Å². The molecule has 176 valence electrons. The summed E-state index contributed by atoms with van der Waals surface area (Å²) in [6.07, 6.45) is 3.92. The number of Topliss-reactive ketones (excluding diaryl/α,β-unsaturated/α-hetero) is 1. The van der Waals surface area contributed by atoms with Gasteiger partial charge in [-0.25, -0.2) is 0 Å². The second kappa shape index (κ2) is 8.08. The van der Waals surface area contributed by atoms with E-state index in [1.54, 1.807) is 32.0 Å². The molecule has 1 aromatic carbocycles. The van der Waals surface area contributed by atoms with Gasteiger partial charge in [0.15, 0.2) is 23.1 Å². The number of ketones is 2. The quantitative estimate of drug-likeness (QED) is 0.420. The number of hydrogen-bond donors (Lipinski definition) is 1. The molecule has 1 aliphatic heterocycles. The SMILES string of the molecule is CCOc1cccc([C@H]2C3=CC[C@@H]4C(=O)N(CC)C(=O)[C@@H]4[C@@H]3CC3=C2C(=O)C(C)=CC3=O)c1O. The minimum absolute atomic E-state index is 0.0821. The Morgan fingerprint density at radius 3 is 2.56 bits per heavy atom. The molecule has 0 unspecified atom stereocenters. The van der Waals surface area contributed by atoms with E-state index in [1.165, 1.54) is 11.0 Å². The van der Waals surface area contributed by atoms with Gasteiger partial charge in [0.25, 0.3) is 0 Å². The maximum absolute atomic E-state index is 13.4. The molecule has 0 spiro atoms. The number of carbonyl (C=O) groups is 4. The molecule has 0 radical (unpaired) electrons. The number of imide groups is 1. The normalized spacial score (nSPS) is 28.4. The fourth-order valence-electron chi connectivity index (χ4n) is 6.14. The third kappa shape index (κ3) is 3.02. The molecule has 5 rings (SSSR count). The highest BCUT2D eigenvalue weighted by Gasteiger charge is 2.56. The van der Waals surface area contributed by atoms with E-state index in [2.05, 4.69) is 0 Å². The van der Waals surface area contributed by atoms with Crippen LogP contribution >= 0.6 is 0 Å². The first-order chi connectivity index (χ1) is 16.3. The van der Waals surface area contributed by atoms with E-state index in [0.29, 0.717) is 47.6 Å². The van der Waals surface area contributed by atoms with Gasteiger partial charge in [-0.2, -0.15) is 0 Å². The number of ether oxygens (including phenoxy) is 1. The summed E-state index contributed by atoms with van der Waals surface area (Å²) in [6, 6.07) is 5.13. The average molecular weight is 462 g/mol. The van der Waals surface area contributed by atoms with E-state index in [-0.39, 0.29) is 35.6 Å². The van der Waals surface area contributed by atoms with Crippen LogP contribution in [0.3, 0.4) is 0 Å². The Kier molecular flexibility index (Phi) is 5.30. The first-order valence-electron chi connectivity index (χ1n) is 11.8. The number of phenols is 1. The highest BCUT2D eigenvalue weighted by Crippen LogP contribution is 2.56. The minimum Gasteiger partial charge on any atom is -0.504 e. The van der Waals surface area contributed by atoms with Crippen LogP contribution in [-0.2, 0) is 19.2 Å². The van der Waals surface area contributed by atoms with Gasteiger partial charge in [0.05, 0.1) is 18.4 Å². The lowest BCUT2D eigenvalue weighted by Crippen LogP contribution is -2.39. The fraction of sp³-hybridized carbons (Fsp3) is 0.407. The molecule has 0 bridgehead atoms. The van der Waals surface area contributed by atoms with Crippen LogP contribution in [0.1, 0.15) is 45.1 Å². The molecule has 1 fully saturated rings. The summed E-state index contributed by atoms with van der Waals surface area (Å²) >= 11 is 0. The predicted molar refractivity (Wildman–Crippen MR) is 123 cm³/mol. The van der Waals surface area contributed by atoms with Crippen molar-refractivity contribution in [1.29, 1.82) is 0 Å². The number of amides is 2. The summed E-state index contributed by atoms with van der Waals surface area (Å²) in [4.78, 5) is 53.9. The number of nitrogens with zero attached hydrogens (tertiary/aromatic N) is 1. The Morgan fingerprint density at radius 2 is 1.85 bits per heavy atom. The molecule has 34 heavy (non-hydrogen) atoms. The predicted octanol–water partition coefficient (Wildman–Crippen LogP) is 3.24. The van der Waals surface area contributed by atoms with Gasteiger partial charge in [0, 0.05) is 34.7 Å². The molecular formula is C27H27NO6. The zero-order valence-corrected chi connectivity index (χ0v) is 19.5. The molecule has 4 aliphatic rings. The third-order valence-electron chi connectivity index (χ3n) is 7.61. The van der Waals surface area contributed by atoms with Gasteiger partial charge < -0.3 is 9.84 Å². The summed E-state index contributed by atoms with van der Waals surface area (Å²) < 4.78 is 5.58. The third-order valence-corrected chi connectivity index (χ3v) is 7.61. The van der Waals surface area contributed by atoms with Gasteiger partial charge in [0.2, 0.25) is 11.8 Å². The van der Waals surface area contributed by atoms with Crippen molar-refractivity contribution in [1.82, 2.24) is 4.90 Å². The zero-order chi connectivity index (χ0) is 24.3. The van der Waals surface area contributed by atoms with Gasteiger partial charge in [-0.05, 0) is 51.7 Å². The molecule has 1 aromatic rings. The molecule has 1 heterocycles. The number of likely N-dealkylation sites (tertiary alicyclic amines) is 1. The molecule has 3 aliphatic carbocycles. The van der Waals surface area contributed by atoms with Crippen molar-refractivity contribution in [3.63, 3.8) is 0 Å². The number of benzene rings is 1. The largest absolute Gasteiger partial charge is 0.504 e. The van der Waals surface area contributed by atoms with Crippen molar-refractivity contribution >= 4 is 23.4 Å². The number of phenolic OH excluding ortho intramolecular Hbond substituents is 1. The second-order valence-corrected chi connectivity index (χ2v) is 9.28. The van der Waals surface area contributed by atoms with Crippen molar-refractivity contribution in [3.8, 4) is 11.5 Å². The number of aromatic hydroxyl groups is 1. The van der Waals surface area contributed by atoms with Crippen LogP contribution in [0.25, 0.3) is 0 Å². The summed E-state index contributed by atoms with van der Waals surface area (Å²) in [6.45, 7) is 5.87. The van der Waals surface area contributed by atoms with Crippen molar-refractivity contribution in [2.75, 3.05) is 13.2 Å². The fourth-order valence-corrected chi connectivity index (χ4v) is 6.14. The lowest BCUT2D eigenvalue weighted by Gasteiger charge is -2.42. The number of fused-ring (bicyclic) bond motifs is 3. The van der Waals surface area contributed by atoms with E-state index in [4.69, 9.17) is 4.74 Å². The Labute approximate surface area is 197 Å². The topological polar surface area (TPSA) is 101 Å². The van der Waals surface area contributed by atoms with Gasteiger partial charge >= 0.3 is 0 Å². The first-order valence-corrected chi connectivity index (χ1v) is 11.8. The van der Waals surface area contributed by atoms with Crippen LogP contribution in [0.4, 0.5) is 0 Å². The molecule has 2 amide bonds. The highest BCUT2D eigenvalue weighted by molar-refractivity contribution is 6.24. The molecule has 1 N–H and O–H groups in total. The van der Waals surface area contributed by atoms with Crippen LogP contribution in [-0.4, -0.2) is 46.5 Å². The first kappa shape index (κ1) is 22.3. The molecule has 0 aromatic heterocycles. The van der Waals surface area contributed by atoms with Crippen LogP contribution in [0.5, 0.6) is 11.5 Å². The van der Waals surface area contributed by atoms with Gasteiger partial charge in [0.1, 0.15) is 0 Å². The molecule has 7 nitrogen and oxygen atoms in total. The number of rotatable bonds is 4. The number of carbonyl (C=O) groups excluding carboxylic acids is 4. The van der Waals surface area contributed by atoms with E-state index in [1.807, 2.05) is 13.0 Å². The van der Waals surface area contributed by atoms with Crippen molar-refractivity contribution in [2.45, 2.75) is 39.5 Å². The van der Waals surface area contributed by atoms with Crippen LogP contribution < -0.4 is 4.74 Å². The molecule has 7 heteroatoms. The number of para-hydroxylation sites is 1. The standard InChI is InChI=1S/C27H27NO6/c1-4-28-26(32)16-10-9-14-17(22(16)27(28)33)12-18-19(29)11-13(3)24(30)23(18)21(14)15-7-6-8-20(25(15)31)34-5-2/h6-9,11,16-17,21-22,31H,4-5,10,12H2,1-3H3/t16-,17+,21+,22-/m0/s1. The molecule has 1 saturated heterocycles. The average Bonchev–Trinajstić information content (AvgIpc) is 3.07. The Morgan fingerprint density at radius 1 is 1.09 bits per heavy atom. The lowest BCUT2D eigenvalue weighted by molar-refractivity contribution is -0.139. The van der Waals surface area contributed by atoms with E-state index in [0.717, 1.165) is 5.57 Å². The van der Waals surface area contributed by atoms with Crippen LogP contribution in [0.15, 0.2) is 52.6 Å². The van der Waals surface area contributed by atoms with E-state index < -0.39 is 23.7 Å². The van der Waals surface area contributed by atoms with Crippen LogP contribution in [0.2, 0.25) is 0 Å². The molecule has 0 saturated carbocycles. The Balaban J connectivity index is 1.72. The summed E-state index contributed by atoms with van der Waals surface area (Å²) in [5, 5.41) is 11.1. The smallest absolute Gasteiger partial charge is 0.233 e. The second-order valence-electron chi connectivity index (χ2n) is 9.28. The number of hydrogen-bond acceptors (Lipinski definition) is 6. The number of allylic oxidation sites excluding steroid dienone is 6. The molecule has 4 atom stereocenters. The van der Waals surface area contributed by atoms with Crippen LogP contribution in [0, 0.1) is 17.8 Å².